The molecule has 0 radical (unpaired) electrons. The first-order valence-electron chi connectivity index (χ1n) is 8.45. The number of methoxy groups -OCH3 is 2. The van der Waals surface area contributed by atoms with Crippen LogP contribution < -0.4 is 15.6 Å². The maximum Gasteiger partial charge on any atom is 0.411 e. The van der Waals surface area contributed by atoms with E-state index in [2.05, 4.69) is 55.2 Å². The van der Waals surface area contributed by atoms with Gasteiger partial charge in [0.2, 0.25) is 5.75 Å². The molecule has 0 aliphatic heterocycles. The van der Waals surface area contributed by atoms with Crippen molar-refractivity contribution < 1.29 is 28.9 Å². The van der Waals surface area contributed by atoms with Crippen molar-refractivity contribution in [1.29, 1.82) is 0 Å². The highest BCUT2D eigenvalue weighted by Crippen LogP contribution is 2.24. The number of allylic oxidation sites excluding steroid dienone is 1. The van der Waals surface area contributed by atoms with Gasteiger partial charge in [0.15, 0.2) is 5.69 Å². The zero-order valence-corrected chi connectivity index (χ0v) is 18.9. The summed E-state index contributed by atoms with van der Waals surface area (Å²) in [7, 11) is 2.56. The summed E-state index contributed by atoms with van der Waals surface area (Å²) < 4.78 is 15.7. The predicted molar refractivity (Wildman–Crippen MR) is 118 cm³/mol. The number of H-pyrrole nitrogens is 1. The van der Waals surface area contributed by atoms with Crippen LogP contribution in [0.25, 0.3) is 4.91 Å². The van der Waals surface area contributed by atoms with E-state index in [0.717, 1.165) is 11.6 Å². The molecular formula is C19H18BrN3O7S. The van der Waals surface area contributed by atoms with Gasteiger partial charge in [-0.05, 0) is 24.3 Å². The van der Waals surface area contributed by atoms with Gasteiger partial charge >= 0.3 is 12.1 Å². The van der Waals surface area contributed by atoms with Crippen LogP contribution in [0.5, 0.6) is 11.5 Å². The number of aromatic amines is 1. The number of aromatic hydroxyl groups is 1. The van der Waals surface area contributed by atoms with Gasteiger partial charge in [-0.2, -0.15) is 0 Å². The summed E-state index contributed by atoms with van der Waals surface area (Å²) in [6.07, 6.45) is 0.381. The van der Waals surface area contributed by atoms with E-state index in [1.807, 2.05) is 0 Å². The Morgan fingerprint density at radius 2 is 2.10 bits per heavy atom. The number of esters is 1. The number of alkyl carbamates (subject to hydrolysis) is 1. The van der Waals surface area contributed by atoms with Crippen molar-refractivity contribution in [2.45, 2.75) is 6.61 Å². The molecule has 0 unspecified atom stereocenters. The van der Waals surface area contributed by atoms with E-state index in [1.54, 1.807) is 18.2 Å². The van der Waals surface area contributed by atoms with Crippen molar-refractivity contribution in [2.75, 3.05) is 14.2 Å². The van der Waals surface area contributed by atoms with E-state index < -0.39 is 29.1 Å². The van der Waals surface area contributed by atoms with Crippen LogP contribution in [0.4, 0.5) is 4.79 Å². The summed E-state index contributed by atoms with van der Waals surface area (Å²) in [6, 6.07) is 5.23. The number of nitrogens with one attached hydrogen (secondary N) is 2. The number of benzene rings is 1. The number of ether oxygens (including phenoxy) is 3. The van der Waals surface area contributed by atoms with Crippen molar-refractivity contribution in [3.63, 3.8) is 0 Å². The number of thiol groups is 1. The van der Waals surface area contributed by atoms with Gasteiger partial charge in [0.1, 0.15) is 18.2 Å². The number of carbonyl (C=O) groups is 2. The van der Waals surface area contributed by atoms with Gasteiger partial charge in [-0.25, -0.2) is 14.6 Å². The Hall–Kier alpha value is -3.25. The second-order valence-electron chi connectivity index (χ2n) is 5.73. The number of aromatic nitrogens is 2. The lowest BCUT2D eigenvalue weighted by Gasteiger charge is -2.12. The van der Waals surface area contributed by atoms with Crippen LogP contribution in [0.15, 0.2) is 45.8 Å². The molecule has 164 valence electrons. The van der Waals surface area contributed by atoms with Crippen LogP contribution in [-0.2, 0) is 16.1 Å². The number of amides is 1. The molecule has 1 heterocycles. The summed E-state index contributed by atoms with van der Waals surface area (Å²) in [5, 5.41) is 12.1. The monoisotopic (exact) mass is 511 g/mol. The summed E-state index contributed by atoms with van der Waals surface area (Å²) in [4.78, 5) is 41.9. The summed E-state index contributed by atoms with van der Waals surface area (Å²) in [6.45, 7) is 3.47. The van der Waals surface area contributed by atoms with Crippen molar-refractivity contribution in [1.82, 2.24) is 15.3 Å². The Labute approximate surface area is 190 Å². The summed E-state index contributed by atoms with van der Waals surface area (Å²) >= 11 is 7.56. The first-order chi connectivity index (χ1) is 14.7. The first kappa shape index (κ1) is 24.0. The molecule has 0 saturated heterocycles. The molecule has 10 nitrogen and oxygen atoms in total. The molecule has 0 bridgehead atoms. The molecule has 0 atom stereocenters. The highest BCUT2D eigenvalue weighted by Gasteiger charge is 2.20. The third-order valence-electron chi connectivity index (χ3n) is 3.80. The van der Waals surface area contributed by atoms with E-state index >= 15 is 0 Å². The van der Waals surface area contributed by atoms with Gasteiger partial charge in [0.05, 0.1) is 24.8 Å². The van der Waals surface area contributed by atoms with Crippen LogP contribution in [-0.4, -0.2) is 41.4 Å². The summed E-state index contributed by atoms with van der Waals surface area (Å²) in [5.74, 6) is -1.62. The van der Waals surface area contributed by atoms with Gasteiger partial charge < -0.3 is 24.3 Å². The first-order valence-corrected chi connectivity index (χ1v) is 9.69. The van der Waals surface area contributed by atoms with Crippen molar-refractivity contribution in [3.05, 3.63) is 68.5 Å². The van der Waals surface area contributed by atoms with Crippen LogP contribution in [0.2, 0.25) is 0 Å². The minimum absolute atomic E-state index is 0.0270. The maximum atomic E-state index is 12.2. The fourth-order valence-electron chi connectivity index (χ4n) is 2.30. The minimum atomic E-state index is -1.03. The third-order valence-corrected chi connectivity index (χ3v) is 4.74. The molecule has 0 aliphatic carbocycles. The second kappa shape index (κ2) is 10.7. The number of hydrogen-bond donors (Lipinski definition) is 4. The Morgan fingerprint density at radius 1 is 1.39 bits per heavy atom. The summed E-state index contributed by atoms with van der Waals surface area (Å²) in [5.41, 5.74) is -0.959. The number of hydrogen-bond acceptors (Lipinski definition) is 9. The predicted octanol–water partition coefficient (Wildman–Crippen LogP) is 2.74. The van der Waals surface area contributed by atoms with Crippen LogP contribution in [0, 0.1) is 0 Å². The number of halogens is 1. The molecule has 0 spiro atoms. The maximum absolute atomic E-state index is 12.2. The molecule has 31 heavy (non-hydrogen) atoms. The van der Waals surface area contributed by atoms with Gasteiger partial charge in [-0.15, -0.1) is 12.6 Å². The SMILES string of the molecule is C=C/C(NC(=O)OCc1cc(Br)ccc1OC)=C(\S)c1nc(C(=O)OC)c(O)c(=O)[nH]1. The molecule has 0 fully saturated rings. The quantitative estimate of drug-likeness (QED) is 0.252. The molecule has 2 rings (SSSR count). The third kappa shape index (κ3) is 5.89. The highest BCUT2D eigenvalue weighted by atomic mass is 79.9. The van der Waals surface area contributed by atoms with Crippen molar-refractivity contribution in [3.8, 4) is 11.5 Å². The number of carbonyl (C=O) groups excluding carboxylic acids is 2. The molecule has 12 heteroatoms. The largest absolute Gasteiger partial charge is 0.501 e. The molecule has 1 aromatic heterocycles. The van der Waals surface area contributed by atoms with Crippen LogP contribution in [0.1, 0.15) is 21.9 Å². The smallest absolute Gasteiger partial charge is 0.411 e. The lowest BCUT2D eigenvalue weighted by molar-refractivity contribution is 0.0589. The normalized spacial score (nSPS) is 11.2. The Bertz CT molecular complexity index is 1110. The van der Waals surface area contributed by atoms with Crippen molar-refractivity contribution >= 4 is 45.5 Å². The lowest BCUT2D eigenvalue weighted by atomic mass is 10.2. The molecular weight excluding hydrogens is 494 g/mol. The number of rotatable bonds is 7. The van der Waals surface area contributed by atoms with E-state index in [0.29, 0.717) is 11.3 Å². The second-order valence-corrected chi connectivity index (χ2v) is 7.09. The topological polar surface area (TPSA) is 140 Å². The number of nitrogens with zero attached hydrogens (tertiary/aromatic N) is 1. The average Bonchev–Trinajstić information content (AvgIpc) is 2.76. The Morgan fingerprint density at radius 3 is 2.71 bits per heavy atom. The van der Waals surface area contributed by atoms with Crippen LogP contribution >= 0.6 is 28.6 Å². The lowest BCUT2D eigenvalue weighted by Crippen LogP contribution is -2.24. The van der Waals surface area contributed by atoms with Gasteiger partial charge in [0, 0.05) is 10.0 Å². The zero-order chi connectivity index (χ0) is 23.1. The highest BCUT2D eigenvalue weighted by molar-refractivity contribution is 9.10. The average molecular weight is 512 g/mol. The minimum Gasteiger partial charge on any atom is -0.501 e. The molecule has 3 N–H and O–H groups in total. The van der Waals surface area contributed by atoms with Gasteiger partial charge in [-0.1, -0.05) is 22.5 Å². The molecule has 1 amide bonds. The van der Waals surface area contributed by atoms with Gasteiger partial charge in [0.25, 0.3) is 5.56 Å². The fraction of sp³-hybridized carbons (Fsp3) is 0.158. The Balaban J connectivity index is 2.25. The molecule has 0 aliphatic rings. The fourth-order valence-corrected chi connectivity index (χ4v) is 2.96. The standard InChI is InChI=1S/C19H18BrN3O7S/c1-4-11(15(31)16-22-13(18(26)29-3)14(24)17(25)23-16)21-19(27)30-8-9-7-10(20)5-6-12(9)28-2/h4-7,24,31H,1,8H2,2-3H3,(H,21,27)(H,22,23,25)/b15-11+. The van der Waals surface area contributed by atoms with E-state index in [1.165, 1.54) is 13.2 Å². The van der Waals surface area contributed by atoms with Gasteiger partial charge in [-0.3, -0.25) is 10.1 Å². The van der Waals surface area contributed by atoms with E-state index in [9.17, 15) is 19.5 Å². The molecule has 0 saturated carbocycles. The molecule has 2 aromatic rings. The van der Waals surface area contributed by atoms with Crippen LogP contribution in [0.3, 0.4) is 0 Å². The van der Waals surface area contributed by atoms with E-state index in [-0.39, 0.29) is 23.0 Å². The van der Waals surface area contributed by atoms with Crippen molar-refractivity contribution in [2.24, 2.45) is 0 Å². The zero-order valence-electron chi connectivity index (χ0n) is 16.4. The Kier molecular flexibility index (Phi) is 8.28. The van der Waals surface area contributed by atoms with E-state index in [4.69, 9.17) is 9.47 Å². The molecule has 1 aromatic carbocycles.